The summed E-state index contributed by atoms with van der Waals surface area (Å²) in [5.41, 5.74) is 1.90. The Bertz CT molecular complexity index is 1140. The Kier molecular flexibility index (Phi) is 4.98. The van der Waals surface area contributed by atoms with Crippen LogP contribution in [0.1, 0.15) is 32.0 Å². The van der Waals surface area contributed by atoms with Crippen molar-refractivity contribution in [2.45, 2.75) is 19.9 Å². The molecule has 1 atom stereocenters. The van der Waals surface area contributed by atoms with Crippen LogP contribution in [-0.2, 0) is 4.79 Å². The monoisotopic (exact) mass is 424 g/mol. The summed E-state index contributed by atoms with van der Waals surface area (Å²) in [6.07, 6.45) is 0. The highest BCUT2D eigenvalue weighted by Crippen LogP contribution is 2.42. The number of aromatic nitrogens is 1. The van der Waals surface area contributed by atoms with Crippen LogP contribution in [0.15, 0.2) is 65.9 Å². The molecule has 7 heteroatoms. The quantitative estimate of drug-likeness (QED) is 0.584. The van der Waals surface area contributed by atoms with Gasteiger partial charge in [0.1, 0.15) is 0 Å². The first-order valence-electron chi connectivity index (χ1n) is 8.94. The second kappa shape index (κ2) is 7.46. The minimum absolute atomic E-state index is 0.0490. The number of Topliss-reactive ketones (excluding diaryl/α,β-unsaturated/α-hetero) is 1. The van der Waals surface area contributed by atoms with Gasteiger partial charge < -0.3 is 5.11 Å². The molecule has 29 heavy (non-hydrogen) atoms. The molecule has 146 valence electrons. The number of ketones is 1. The predicted molar refractivity (Wildman–Crippen MR) is 114 cm³/mol. The van der Waals surface area contributed by atoms with Gasteiger partial charge >= 0.3 is 0 Å². The van der Waals surface area contributed by atoms with E-state index in [9.17, 15) is 14.7 Å². The fourth-order valence-corrected chi connectivity index (χ4v) is 4.52. The van der Waals surface area contributed by atoms with Crippen molar-refractivity contribution in [3.63, 3.8) is 0 Å². The van der Waals surface area contributed by atoms with E-state index in [1.807, 2.05) is 13.0 Å². The number of carbonyl (C=O) groups excluding carboxylic acids is 2. The summed E-state index contributed by atoms with van der Waals surface area (Å²) < 4.78 is 0. The summed E-state index contributed by atoms with van der Waals surface area (Å²) in [5.74, 6) is -1.54. The van der Waals surface area contributed by atoms with Gasteiger partial charge in [-0.3, -0.25) is 14.5 Å². The number of para-hydroxylation sites is 1. The van der Waals surface area contributed by atoms with E-state index >= 15 is 0 Å². The first-order chi connectivity index (χ1) is 13.9. The molecule has 0 fully saturated rings. The zero-order valence-electron chi connectivity index (χ0n) is 15.7. The highest BCUT2D eigenvalue weighted by Gasteiger charge is 2.45. The number of carbonyl (C=O) groups is 2. The number of aliphatic hydroxyl groups is 1. The van der Waals surface area contributed by atoms with Gasteiger partial charge in [0.05, 0.1) is 27.2 Å². The number of rotatable bonds is 4. The third kappa shape index (κ3) is 3.34. The molecule has 0 saturated carbocycles. The van der Waals surface area contributed by atoms with Crippen molar-refractivity contribution in [2.75, 3.05) is 4.90 Å². The molecule has 0 aliphatic carbocycles. The largest absolute Gasteiger partial charge is 0.503 e. The molecule has 2 aromatic carbocycles. The van der Waals surface area contributed by atoms with Gasteiger partial charge in [-0.1, -0.05) is 41.9 Å². The minimum Gasteiger partial charge on any atom is -0.503 e. The molecule has 1 unspecified atom stereocenters. The first-order valence-corrected chi connectivity index (χ1v) is 10.1. The fraction of sp³-hybridized carbons (Fsp3) is 0.136. The first kappa shape index (κ1) is 19.4. The molecule has 1 N–H and O–H groups in total. The average Bonchev–Trinajstić information content (AvgIpc) is 3.18. The predicted octanol–water partition coefficient (Wildman–Crippen LogP) is 5.20. The molecule has 0 spiro atoms. The summed E-state index contributed by atoms with van der Waals surface area (Å²) in [7, 11) is 0. The summed E-state index contributed by atoms with van der Waals surface area (Å²) >= 11 is 7.28. The maximum atomic E-state index is 13.4. The number of aliphatic hydroxyl groups excluding tert-OH is 1. The van der Waals surface area contributed by atoms with Crippen LogP contribution in [0.3, 0.4) is 0 Å². The van der Waals surface area contributed by atoms with Gasteiger partial charge in [-0.05, 0) is 43.7 Å². The van der Waals surface area contributed by atoms with E-state index in [0.717, 1.165) is 5.01 Å². The summed E-state index contributed by atoms with van der Waals surface area (Å²) in [4.78, 5) is 32.6. The van der Waals surface area contributed by atoms with Gasteiger partial charge in [0.25, 0.3) is 5.91 Å². The van der Waals surface area contributed by atoms with Crippen molar-refractivity contribution in [2.24, 2.45) is 0 Å². The number of nitrogens with zero attached hydrogens (tertiary/aromatic N) is 2. The SMILES string of the molecule is Cc1nc(C)c(C(=O)C2=C(O)C(=O)N(c3ccccc3)C2c2ccc(Cl)cc2)s1. The zero-order valence-corrected chi connectivity index (χ0v) is 17.3. The van der Waals surface area contributed by atoms with Crippen LogP contribution in [0.2, 0.25) is 5.02 Å². The van der Waals surface area contributed by atoms with Gasteiger partial charge in [0, 0.05) is 10.7 Å². The van der Waals surface area contributed by atoms with Crippen molar-refractivity contribution in [3.05, 3.63) is 92.1 Å². The van der Waals surface area contributed by atoms with E-state index in [2.05, 4.69) is 4.98 Å². The number of thiazole rings is 1. The van der Waals surface area contributed by atoms with Crippen molar-refractivity contribution < 1.29 is 14.7 Å². The van der Waals surface area contributed by atoms with Gasteiger partial charge in [0.2, 0.25) is 5.78 Å². The Morgan fingerprint density at radius 1 is 1.10 bits per heavy atom. The van der Waals surface area contributed by atoms with Crippen LogP contribution in [-0.4, -0.2) is 21.8 Å². The van der Waals surface area contributed by atoms with Gasteiger partial charge in [0.15, 0.2) is 5.76 Å². The van der Waals surface area contributed by atoms with E-state index in [4.69, 9.17) is 11.6 Å². The van der Waals surface area contributed by atoms with E-state index in [0.29, 0.717) is 26.8 Å². The molecule has 1 aliphatic heterocycles. The highest BCUT2D eigenvalue weighted by molar-refractivity contribution is 7.14. The topological polar surface area (TPSA) is 70.5 Å². The van der Waals surface area contributed by atoms with Crippen LogP contribution in [0.5, 0.6) is 0 Å². The molecule has 1 aliphatic rings. The fourth-order valence-electron chi connectivity index (χ4n) is 3.52. The molecule has 0 bridgehead atoms. The third-order valence-electron chi connectivity index (χ3n) is 4.78. The molecule has 0 saturated heterocycles. The molecule has 5 nitrogen and oxygen atoms in total. The number of aryl methyl sites for hydroxylation is 2. The van der Waals surface area contributed by atoms with E-state index < -0.39 is 23.5 Å². The average molecular weight is 425 g/mol. The lowest BCUT2D eigenvalue weighted by Crippen LogP contribution is -2.31. The lowest BCUT2D eigenvalue weighted by molar-refractivity contribution is -0.117. The van der Waals surface area contributed by atoms with Gasteiger partial charge in [-0.25, -0.2) is 4.98 Å². The summed E-state index contributed by atoms with van der Waals surface area (Å²) in [6.45, 7) is 3.56. The second-order valence-electron chi connectivity index (χ2n) is 6.70. The highest BCUT2D eigenvalue weighted by atomic mass is 35.5. The Hall–Kier alpha value is -2.96. The van der Waals surface area contributed by atoms with Crippen LogP contribution in [0.4, 0.5) is 5.69 Å². The minimum atomic E-state index is -0.767. The van der Waals surface area contributed by atoms with Crippen LogP contribution in [0.25, 0.3) is 0 Å². The maximum absolute atomic E-state index is 13.4. The van der Waals surface area contributed by atoms with Crippen molar-refractivity contribution in [3.8, 4) is 0 Å². The molecule has 0 radical (unpaired) electrons. The number of hydrogen-bond donors (Lipinski definition) is 1. The Labute approximate surface area is 176 Å². The Morgan fingerprint density at radius 3 is 2.34 bits per heavy atom. The molecule has 3 aromatic rings. The number of hydrogen-bond acceptors (Lipinski definition) is 5. The van der Waals surface area contributed by atoms with E-state index in [-0.39, 0.29) is 5.57 Å². The van der Waals surface area contributed by atoms with Crippen LogP contribution < -0.4 is 4.90 Å². The number of amides is 1. The lowest BCUT2D eigenvalue weighted by Gasteiger charge is -2.27. The smallest absolute Gasteiger partial charge is 0.294 e. The van der Waals surface area contributed by atoms with Crippen LogP contribution in [0, 0.1) is 13.8 Å². The number of halogens is 1. The Balaban J connectivity index is 1.89. The normalized spacial score (nSPS) is 16.6. The number of anilines is 1. The van der Waals surface area contributed by atoms with E-state index in [1.54, 1.807) is 55.5 Å². The zero-order chi connectivity index (χ0) is 20.7. The molecule has 4 rings (SSSR count). The van der Waals surface area contributed by atoms with E-state index in [1.165, 1.54) is 16.2 Å². The van der Waals surface area contributed by atoms with Gasteiger partial charge in [-0.2, -0.15) is 0 Å². The maximum Gasteiger partial charge on any atom is 0.294 e. The molecule has 1 amide bonds. The lowest BCUT2D eigenvalue weighted by atomic mass is 9.95. The van der Waals surface area contributed by atoms with Crippen molar-refractivity contribution in [1.82, 2.24) is 4.98 Å². The molecule has 2 heterocycles. The van der Waals surface area contributed by atoms with Crippen LogP contribution >= 0.6 is 22.9 Å². The van der Waals surface area contributed by atoms with Crippen molar-refractivity contribution >= 4 is 40.3 Å². The summed E-state index contributed by atoms with van der Waals surface area (Å²) in [5, 5.41) is 12.0. The molecular weight excluding hydrogens is 408 g/mol. The third-order valence-corrected chi connectivity index (χ3v) is 6.11. The second-order valence-corrected chi connectivity index (χ2v) is 8.34. The van der Waals surface area contributed by atoms with Crippen molar-refractivity contribution in [1.29, 1.82) is 0 Å². The Morgan fingerprint density at radius 2 is 1.76 bits per heavy atom. The van der Waals surface area contributed by atoms with Gasteiger partial charge in [-0.15, -0.1) is 11.3 Å². The number of benzene rings is 2. The standard InChI is InChI=1S/C22H17ClN2O3S/c1-12-21(29-13(2)24-12)19(26)17-18(14-8-10-15(23)11-9-14)25(22(28)20(17)27)16-6-4-3-5-7-16/h3-11,18,27H,1-2H3. The molecule has 1 aromatic heterocycles. The molecular formula is C22H17ClN2O3S. The summed E-state index contributed by atoms with van der Waals surface area (Å²) in [6, 6.07) is 15.1.